The topological polar surface area (TPSA) is 20.2 Å². The van der Waals surface area contributed by atoms with Gasteiger partial charge in [-0.25, -0.2) is 0 Å². The maximum Gasteiger partial charge on any atom is 0.0605 e. The van der Waals surface area contributed by atoms with Crippen molar-refractivity contribution >= 4 is 0 Å². The Hall–Kier alpha value is -0.820. The van der Waals surface area contributed by atoms with E-state index < -0.39 is 0 Å². The second-order valence-electron chi connectivity index (χ2n) is 6.52. The Bertz CT molecular complexity index is 399. The summed E-state index contributed by atoms with van der Waals surface area (Å²) in [5.74, 6) is 2.48. The Morgan fingerprint density at radius 2 is 1.84 bits per heavy atom. The molecule has 0 aromatic heterocycles. The summed E-state index contributed by atoms with van der Waals surface area (Å²) in [6.45, 7) is 2.29. The summed E-state index contributed by atoms with van der Waals surface area (Å²) in [5.41, 5.74) is 1.43. The van der Waals surface area contributed by atoms with E-state index in [0.29, 0.717) is 17.8 Å². The molecule has 5 atom stereocenters. The van der Waals surface area contributed by atoms with Crippen molar-refractivity contribution in [3.8, 4) is 0 Å². The summed E-state index contributed by atoms with van der Waals surface area (Å²) < 4.78 is 0. The molecule has 2 fully saturated rings. The molecule has 0 aliphatic heterocycles. The molecule has 19 heavy (non-hydrogen) atoms. The lowest BCUT2D eigenvalue weighted by Gasteiger charge is -2.34. The van der Waals surface area contributed by atoms with Gasteiger partial charge in [-0.3, -0.25) is 0 Å². The maximum atomic E-state index is 10.7. The smallest absolute Gasteiger partial charge is 0.0605 e. The second kappa shape index (κ2) is 5.66. The van der Waals surface area contributed by atoms with Crippen LogP contribution in [0.2, 0.25) is 0 Å². The average molecular weight is 258 g/mol. The summed E-state index contributed by atoms with van der Waals surface area (Å²) in [6.07, 6.45) is 7.65. The first-order valence-electron chi connectivity index (χ1n) is 8.04. The number of aliphatic hydroxyl groups is 1. The minimum absolute atomic E-state index is 0.0598. The van der Waals surface area contributed by atoms with Gasteiger partial charge in [0.25, 0.3) is 0 Å². The Labute approximate surface area is 117 Å². The molecule has 2 aliphatic carbocycles. The standard InChI is InChI=1S/C18H26O/c1-2-13-8-6-7-11-15(13)18(19)17-12-16(17)14-9-4-3-5-10-14/h3-5,9-10,13,15-19H,2,6-8,11-12H2,1H3. The average Bonchev–Trinajstić information content (AvgIpc) is 3.28. The number of aliphatic hydroxyl groups excluding tert-OH is 1. The van der Waals surface area contributed by atoms with Crippen LogP contribution in [0, 0.1) is 17.8 Å². The van der Waals surface area contributed by atoms with Crippen LogP contribution in [-0.4, -0.2) is 11.2 Å². The van der Waals surface area contributed by atoms with Crippen molar-refractivity contribution < 1.29 is 5.11 Å². The zero-order valence-corrected chi connectivity index (χ0v) is 12.0. The molecule has 1 heteroatoms. The minimum atomic E-state index is -0.0598. The molecule has 5 unspecified atom stereocenters. The number of benzene rings is 1. The van der Waals surface area contributed by atoms with Gasteiger partial charge in [-0.05, 0) is 42.1 Å². The summed E-state index contributed by atoms with van der Waals surface area (Å²) in [5, 5.41) is 10.7. The number of hydrogen-bond acceptors (Lipinski definition) is 1. The van der Waals surface area contributed by atoms with E-state index in [1.807, 2.05) is 0 Å². The van der Waals surface area contributed by atoms with E-state index in [-0.39, 0.29) is 6.10 Å². The Morgan fingerprint density at radius 1 is 1.11 bits per heavy atom. The summed E-state index contributed by atoms with van der Waals surface area (Å²) in [7, 11) is 0. The van der Waals surface area contributed by atoms with Gasteiger partial charge in [0, 0.05) is 0 Å². The molecule has 3 rings (SSSR count). The van der Waals surface area contributed by atoms with Crippen molar-refractivity contribution in [1.82, 2.24) is 0 Å². The zero-order valence-electron chi connectivity index (χ0n) is 12.0. The number of rotatable bonds is 4. The lowest BCUT2D eigenvalue weighted by atomic mass is 9.73. The van der Waals surface area contributed by atoms with E-state index in [4.69, 9.17) is 0 Å². The van der Waals surface area contributed by atoms with Crippen LogP contribution in [0.4, 0.5) is 0 Å². The maximum absolute atomic E-state index is 10.7. The van der Waals surface area contributed by atoms with E-state index in [9.17, 15) is 5.11 Å². The van der Waals surface area contributed by atoms with Crippen molar-refractivity contribution in [2.75, 3.05) is 0 Å². The summed E-state index contributed by atoms with van der Waals surface area (Å²) in [6, 6.07) is 10.7. The molecule has 2 aliphatic rings. The lowest BCUT2D eigenvalue weighted by molar-refractivity contribution is 0.0290. The first-order valence-corrected chi connectivity index (χ1v) is 8.04. The highest BCUT2D eigenvalue weighted by molar-refractivity contribution is 5.26. The normalized spacial score (nSPS) is 35.9. The van der Waals surface area contributed by atoms with Gasteiger partial charge in [-0.15, -0.1) is 0 Å². The van der Waals surface area contributed by atoms with Gasteiger partial charge in [0.1, 0.15) is 0 Å². The third kappa shape index (κ3) is 2.72. The quantitative estimate of drug-likeness (QED) is 0.850. The van der Waals surface area contributed by atoms with Crippen LogP contribution in [0.3, 0.4) is 0 Å². The fraction of sp³-hybridized carbons (Fsp3) is 0.667. The van der Waals surface area contributed by atoms with Gasteiger partial charge in [0.2, 0.25) is 0 Å². The van der Waals surface area contributed by atoms with Crippen LogP contribution in [-0.2, 0) is 0 Å². The van der Waals surface area contributed by atoms with E-state index in [0.717, 1.165) is 5.92 Å². The molecule has 2 saturated carbocycles. The summed E-state index contributed by atoms with van der Waals surface area (Å²) >= 11 is 0. The van der Waals surface area contributed by atoms with E-state index >= 15 is 0 Å². The number of hydrogen-bond donors (Lipinski definition) is 1. The van der Waals surface area contributed by atoms with Crippen LogP contribution in [0.5, 0.6) is 0 Å². The van der Waals surface area contributed by atoms with Crippen molar-refractivity contribution in [3.05, 3.63) is 35.9 Å². The SMILES string of the molecule is CCC1CCCCC1C(O)C1CC1c1ccccc1. The van der Waals surface area contributed by atoms with Crippen molar-refractivity contribution in [2.24, 2.45) is 17.8 Å². The molecule has 0 amide bonds. The molecular formula is C18H26O. The third-order valence-electron chi connectivity index (χ3n) is 5.44. The van der Waals surface area contributed by atoms with E-state index in [2.05, 4.69) is 37.3 Å². The highest BCUT2D eigenvalue weighted by Crippen LogP contribution is 2.53. The van der Waals surface area contributed by atoms with Gasteiger partial charge >= 0.3 is 0 Å². The Morgan fingerprint density at radius 3 is 2.58 bits per heavy atom. The molecule has 0 bridgehead atoms. The van der Waals surface area contributed by atoms with E-state index in [1.54, 1.807) is 0 Å². The third-order valence-corrected chi connectivity index (χ3v) is 5.44. The first-order chi connectivity index (χ1) is 9.31. The zero-order chi connectivity index (χ0) is 13.2. The van der Waals surface area contributed by atoms with Gasteiger partial charge in [0.05, 0.1) is 6.10 Å². The van der Waals surface area contributed by atoms with E-state index in [1.165, 1.54) is 44.1 Å². The van der Waals surface area contributed by atoms with Gasteiger partial charge in [-0.1, -0.05) is 62.9 Å². The van der Waals surface area contributed by atoms with Crippen molar-refractivity contribution in [2.45, 2.75) is 57.5 Å². The Balaban J connectivity index is 1.64. The van der Waals surface area contributed by atoms with Crippen molar-refractivity contribution in [1.29, 1.82) is 0 Å². The molecule has 104 valence electrons. The van der Waals surface area contributed by atoms with Crippen LogP contribution < -0.4 is 0 Å². The fourth-order valence-electron chi connectivity index (χ4n) is 4.19. The second-order valence-corrected chi connectivity index (χ2v) is 6.52. The molecule has 1 aromatic carbocycles. The molecule has 0 radical (unpaired) electrons. The van der Waals surface area contributed by atoms with Crippen LogP contribution in [0.15, 0.2) is 30.3 Å². The van der Waals surface area contributed by atoms with Crippen LogP contribution in [0.25, 0.3) is 0 Å². The van der Waals surface area contributed by atoms with Crippen LogP contribution in [0.1, 0.15) is 56.9 Å². The molecule has 0 heterocycles. The van der Waals surface area contributed by atoms with Gasteiger partial charge in [0.15, 0.2) is 0 Å². The Kier molecular flexibility index (Phi) is 3.93. The van der Waals surface area contributed by atoms with Gasteiger partial charge in [-0.2, -0.15) is 0 Å². The molecule has 1 aromatic rings. The summed E-state index contributed by atoms with van der Waals surface area (Å²) in [4.78, 5) is 0. The van der Waals surface area contributed by atoms with Gasteiger partial charge < -0.3 is 5.11 Å². The lowest BCUT2D eigenvalue weighted by Crippen LogP contribution is -2.32. The predicted molar refractivity (Wildman–Crippen MR) is 79.0 cm³/mol. The molecule has 0 spiro atoms. The highest BCUT2D eigenvalue weighted by Gasteiger charge is 2.47. The van der Waals surface area contributed by atoms with Crippen molar-refractivity contribution in [3.63, 3.8) is 0 Å². The minimum Gasteiger partial charge on any atom is -0.393 e. The molecule has 0 saturated heterocycles. The largest absolute Gasteiger partial charge is 0.393 e. The molecular weight excluding hydrogens is 232 g/mol. The first kappa shape index (κ1) is 13.2. The van der Waals surface area contributed by atoms with Crippen LogP contribution >= 0.6 is 0 Å². The molecule has 1 N–H and O–H groups in total. The predicted octanol–water partition coefficient (Wildman–Crippen LogP) is 4.37. The fourth-order valence-corrected chi connectivity index (χ4v) is 4.19. The monoisotopic (exact) mass is 258 g/mol. The molecule has 1 nitrogen and oxygen atoms in total. The highest BCUT2D eigenvalue weighted by atomic mass is 16.3.